The Morgan fingerprint density at radius 2 is 2.13 bits per heavy atom. The van der Waals surface area contributed by atoms with Crippen LogP contribution in [0.15, 0.2) is 24.3 Å². The Labute approximate surface area is 132 Å². The molecule has 7 heteroatoms. The van der Waals surface area contributed by atoms with Gasteiger partial charge in [-0.3, -0.25) is 9.59 Å². The van der Waals surface area contributed by atoms with Crippen molar-refractivity contribution in [2.75, 3.05) is 20.4 Å². The van der Waals surface area contributed by atoms with Gasteiger partial charge in [-0.05, 0) is 6.07 Å². The van der Waals surface area contributed by atoms with Crippen LogP contribution in [0.4, 0.5) is 4.39 Å². The van der Waals surface area contributed by atoms with Gasteiger partial charge in [-0.2, -0.15) is 0 Å². The molecular formula is C16H18FNO5. The minimum atomic E-state index is -1.15. The fraction of sp³-hybridized carbons (Fsp3) is 0.500. The normalized spacial score (nSPS) is 29.5. The molecule has 1 aromatic rings. The Morgan fingerprint density at radius 3 is 2.70 bits per heavy atom. The van der Waals surface area contributed by atoms with E-state index in [4.69, 9.17) is 9.47 Å². The molecule has 1 aliphatic carbocycles. The number of benzene rings is 1. The number of aliphatic carboxylic acids is 1. The molecule has 0 aromatic heterocycles. The Kier molecular flexibility index (Phi) is 3.75. The Morgan fingerprint density at radius 1 is 1.43 bits per heavy atom. The van der Waals surface area contributed by atoms with E-state index < -0.39 is 35.6 Å². The second kappa shape index (κ2) is 5.49. The zero-order valence-electron chi connectivity index (χ0n) is 12.7. The number of nitrogens with one attached hydrogen (secondary N) is 1. The van der Waals surface area contributed by atoms with Gasteiger partial charge in [0.05, 0.1) is 25.2 Å². The van der Waals surface area contributed by atoms with Crippen LogP contribution < -0.4 is 10.1 Å². The third-order valence-electron chi connectivity index (χ3n) is 4.71. The van der Waals surface area contributed by atoms with Crippen LogP contribution in [-0.2, 0) is 14.3 Å². The van der Waals surface area contributed by atoms with E-state index in [2.05, 4.69) is 5.32 Å². The predicted molar refractivity (Wildman–Crippen MR) is 77.8 cm³/mol. The number of methoxy groups -OCH3 is 1. The van der Waals surface area contributed by atoms with Crippen molar-refractivity contribution < 1.29 is 28.6 Å². The summed E-state index contributed by atoms with van der Waals surface area (Å²) in [6.45, 7) is -0.781. The van der Waals surface area contributed by atoms with E-state index in [1.165, 1.54) is 7.11 Å². The van der Waals surface area contributed by atoms with E-state index in [1.54, 1.807) is 24.3 Å². The first-order valence-electron chi connectivity index (χ1n) is 7.34. The number of alkyl halides is 1. The van der Waals surface area contributed by atoms with E-state index in [0.29, 0.717) is 11.3 Å². The number of halogens is 1. The van der Waals surface area contributed by atoms with Gasteiger partial charge >= 0.3 is 5.97 Å². The number of carboxylic acids is 1. The summed E-state index contributed by atoms with van der Waals surface area (Å²) >= 11 is 0. The molecule has 1 amide bonds. The van der Waals surface area contributed by atoms with E-state index >= 15 is 0 Å². The number of carboxylic acid groups (broad SMARTS) is 1. The first-order chi connectivity index (χ1) is 11.0. The highest BCUT2D eigenvalue weighted by Gasteiger charge is 2.70. The Balaban J connectivity index is 1.74. The summed E-state index contributed by atoms with van der Waals surface area (Å²) in [7, 11) is 1.47. The summed E-state index contributed by atoms with van der Waals surface area (Å²) in [5.41, 5.74) is -1.58. The molecule has 2 N–H and O–H groups in total. The average Bonchev–Trinajstić information content (AvgIpc) is 3.10. The molecule has 0 radical (unpaired) electrons. The molecule has 23 heavy (non-hydrogen) atoms. The largest absolute Gasteiger partial charge is 0.496 e. The third-order valence-corrected chi connectivity index (χ3v) is 4.71. The number of ether oxygens (including phenoxy) is 2. The van der Waals surface area contributed by atoms with Crippen molar-refractivity contribution in [3.63, 3.8) is 0 Å². The maximum absolute atomic E-state index is 13.4. The SMILES string of the molecule is COc1ccccc1C(CF)NC(=O)C12CC(C(=O)O)(CO1)C2. The second-order valence-electron chi connectivity index (χ2n) is 6.14. The van der Waals surface area contributed by atoms with E-state index in [1.807, 2.05) is 0 Å². The lowest BCUT2D eigenvalue weighted by molar-refractivity contribution is -0.159. The van der Waals surface area contributed by atoms with Gasteiger partial charge in [0.1, 0.15) is 18.0 Å². The van der Waals surface area contributed by atoms with Crippen molar-refractivity contribution in [2.45, 2.75) is 24.5 Å². The highest BCUT2D eigenvalue weighted by Crippen LogP contribution is 2.58. The van der Waals surface area contributed by atoms with Gasteiger partial charge in [0, 0.05) is 18.4 Å². The van der Waals surface area contributed by atoms with Crippen LogP contribution in [0.1, 0.15) is 24.4 Å². The van der Waals surface area contributed by atoms with Crippen molar-refractivity contribution in [2.24, 2.45) is 5.41 Å². The fourth-order valence-electron chi connectivity index (χ4n) is 3.40. The molecule has 2 saturated heterocycles. The second-order valence-corrected chi connectivity index (χ2v) is 6.14. The number of amides is 1. The van der Waals surface area contributed by atoms with Crippen molar-refractivity contribution in [1.29, 1.82) is 0 Å². The third kappa shape index (κ3) is 2.35. The zero-order chi connectivity index (χ0) is 16.7. The number of hydrogen-bond acceptors (Lipinski definition) is 4. The molecule has 1 atom stereocenters. The summed E-state index contributed by atoms with van der Waals surface area (Å²) in [6, 6.07) is 5.99. The highest BCUT2D eigenvalue weighted by molar-refractivity contribution is 5.92. The number of carbonyl (C=O) groups is 2. The molecular weight excluding hydrogens is 305 g/mol. The molecule has 0 spiro atoms. The lowest BCUT2D eigenvalue weighted by atomic mass is 9.62. The van der Waals surface area contributed by atoms with Crippen LogP contribution in [0.3, 0.4) is 0 Å². The van der Waals surface area contributed by atoms with Gasteiger partial charge in [0.2, 0.25) is 0 Å². The summed E-state index contributed by atoms with van der Waals surface area (Å²) in [4.78, 5) is 23.7. The van der Waals surface area contributed by atoms with E-state index in [0.717, 1.165) is 0 Å². The summed E-state index contributed by atoms with van der Waals surface area (Å²) < 4.78 is 24.1. The van der Waals surface area contributed by atoms with Crippen molar-refractivity contribution >= 4 is 11.9 Å². The van der Waals surface area contributed by atoms with Crippen LogP contribution in [0.2, 0.25) is 0 Å². The standard InChI is InChI=1S/C16H18FNO5/c1-22-12-5-3-2-4-10(12)11(6-17)18-13(19)16-7-15(8-16,9-23-16)14(20)21/h2-5,11H,6-9H2,1H3,(H,18,19)(H,20,21). The quantitative estimate of drug-likeness (QED) is 0.828. The Hall–Kier alpha value is -2.15. The molecule has 2 aliphatic heterocycles. The molecule has 124 valence electrons. The number of hydrogen-bond donors (Lipinski definition) is 2. The zero-order valence-corrected chi connectivity index (χ0v) is 12.7. The predicted octanol–water partition coefficient (Wildman–Crippen LogP) is 1.46. The maximum Gasteiger partial charge on any atom is 0.312 e. The van der Waals surface area contributed by atoms with Gasteiger partial charge in [0.25, 0.3) is 5.91 Å². The summed E-state index contributed by atoms with van der Waals surface area (Å²) in [6.07, 6.45) is 0.262. The smallest absolute Gasteiger partial charge is 0.312 e. The average molecular weight is 323 g/mol. The molecule has 1 saturated carbocycles. The van der Waals surface area contributed by atoms with Gasteiger partial charge in [0.15, 0.2) is 0 Å². The maximum atomic E-state index is 13.4. The van der Waals surface area contributed by atoms with E-state index in [-0.39, 0.29) is 19.4 Å². The highest BCUT2D eigenvalue weighted by atomic mass is 19.1. The summed E-state index contributed by atoms with van der Waals surface area (Å²) in [5, 5.41) is 11.8. The lowest BCUT2D eigenvalue weighted by Gasteiger charge is -2.40. The molecule has 3 fully saturated rings. The molecule has 1 unspecified atom stereocenters. The first-order valence-corrected chi connectivity index (χ1v) is 7.34. The minimum Gasteiger partial charge on any atom is -0.496 e. The van der Waals surface area contributed by atoms with Crippen molar-refractivity contribution in [3.05, 3.63) is 29.8 Å². The first kappa shape index (κ1) is 15.7. The van der Waals surface area contributed by atoms with Crippen LogP contribution >= 0.6 is 0 Å². The number of rotatable bonds is 6. The number of para-hydroxylation sites is 1. The van der Waals surface area contributed by atoms with Crippen LogP contribution in [0.25, 0.3) is 0 Å². The molecule has 1 aromatic carbocycles. The van der Waals surface area contributed by atoms with Crippen molar-refractivity contribution in [1.82, 2.24) is 5.32 Å². The monoisotopic (exact) mass is 323 g/mol. The van der Waals surface area contributed by atoms with Gasteiger partial charge in [-0.1, -0.05) is 18.2 Å². The summed E-state index contributed by atoms with van der Waals surface area (Å²) in [5.74, 6) is -0.945. The van der Waals surface area contributed by atoms with Gasteiger partial charge in [-0.25, -0.2) is 4.39 Å². The van der Waals surface area contributed by atoms with Crippen molar-refractivity contribution in [3.8, 4) is 5.75 Å². The number of carbonyl (C=O) groups excluding carboxylic acids is 1. The van der Waals surface area contributed by atoms with Gasteiger partial charge < -0.3 is 19.9 Å². The lowest BCUT2D eigenvalue weighted by Crippen LogP contribution is -2.57. The molecule has 4 rings (SSSR count). The molecule has 6 nitrogen and oxygen atoms in total. The van der Waals surface area contributed by atoms with Gasteiger partial charge in [-0.15, -0.1) is 0 Å². The minimum absolute atomic E-state index is 0.0186. The number of fused-ring (bicyclic) bond motifs is 1. The Bertz CT molecular complexity index is 641. The van der Waals surface area contributed by atoms with E-state index in [9.17, 15) is 19.1 Å². The fourth-order valence-corrected chi connectivity index (χ4v) is 3.40. The van der Waals surface area contributed by atoms with Crippen LogP contribution in [0.5, 0.6) is 5.75 Å². The van der Waals surface area contributed by atoms with Crippen LogP contribution in [-0.4, -0.2) is 43.0 Å². The molecule has 2 bridgehead atoms. The topological polar surface area (TPSA) is 84.9 Å². The molecule has 3 aliphatic rings. The van der Waals surface area contributed by atoms with Crippen LogP contribution in [0, 0.1) is 5.41 Å². The molecule has 2 heterocycles.